The van der Waals surface area contributed by atoms with Crippen molar-refractivity contribution in [3.8, 4) is 28.4 Å². The van der Waals surface area contributed by atoms with E-state index in [9.17, 15) is 0 Å². The van der Waals surface area contributed by atoms with Crippen LogP contribution in [0.4, 0.5) is 22.7 Å². The van der Waals surface area contributed by atoms with Gasteiger partial charge in [-0.1, -0.05) is 135 Å². The molecule has 1 fully saturated rings. The average molecular weight is 774 g/mol. The van der Waals surface area contributed by atoms with E-state index in [-0.39, 0.29) is 16.2 Å². The molecule has 10 rings (SSSR count). The summed E-state index contributed by atoms with van der Waals surface area (Å²) in [5, 5.41) is 2.36. The molecule has 2 aromatic heterocycles. The molecule has 1 saturated heterocycles. The van der Waals surface area contributed by atoms with Crippen molar-refractivity contribution < 1.29 is 4.74 Å². The van der Waals surface area contributed by atoms with Gasteiger partial charge in [-0.2, -0.15) is 9.18 Å². The number of benzene rings is 6. The Hall–Kier alpha value is -6.01. The molecular formula is C54H53N4O+. The van der Waals surface area contributed by atoms with Gasteiger partial charge in [-0.25, -0.2) is 4.98 Å². The van der Waals surface area contributed by atoms with E-state index in [0.29, 0.717) is 9.18 Å². The largest absolute Gasteiger partial charge is 0.457 e. The minimum absolute atomic E-state index is 0.00317. The van der Waals surface area contributed by atoms with Crippen LogP contribution in [-0.4, -0.2) is 9.55 Å². The van der Waals surface area contributed by atoms with Crippen LogP contribution >= 0.6 is 0 Å². The Morgan fingerprint density at radius 2 is 1.20 bits per heavy atom. The van der Waals surface area contributed by atoms with Crippen molar-refractivity contribution in [3.63, 3.8) is 0 Å². The van der Waals surface area contributed by atoms with Gasteiger partial charge in [0.25, 0.3) is 0 Å². The number of fused-ring (bicyclic) bond motifs is 7. The number of hydrogen-bond donors (Lipinski definition) is 0. The van der Waals surface area contributed by atoms with E-state index < -0.39 is 0 Å². The summed E-state index contributed by atoms with van der Waals surface area (Å²) in [7, 11) is 0. The van der Waals surface area contributed by atoms with Crippen molar-refractivity contribution in [1.29, 1.82) is 0 Å². The predicted octanol–water partition coefficient (Wildman–Crippen LogP) is 14.9. The number of para-hydroxylation sites is 1. The molecule has 8 aromatic rings. The summed E-state index contributed by atoms with van der Waals surface area (Å²) < 4.78 is 10.4. The molecular weight excluding hydrogens is 721 g/mol. The lowest BCUT2D eigenvalue weighted by Gasteiger charge is -2.42. The average Bonchev–Trinajstić information content (AvgIpc) is 3.70. The summed E-state index contributed by atoms with van der Waals surface area (Å²) >= 11 is 0. The van der Waals surface area contributed by atoms with Crippen molar-refractivity contribution in [2.24, 2.45) is 0 Å². The number of pyridine rings is 1. The van der Waals surface area contributed by atoms with Crippen LogP contribution in [0.3, 0.4) is 0 Å². The second-order valence-electron chi connectivity index (χ2n) is 19.5. The van der Waals surface area contributed by atoms with Crippen LogP contribution in [-0.2, 0) is 16.2 Å². The number of rotatable bonds is 6. The third kappa shape index (κ3) is 5.62. The first-order chi connectivity index (χ1) is 28.1. The van der Waals surface area contributed by atoms with Crippen molar-refractivity contribution in [1.82, 2.24) is 18.7 Å². The van der Waals surface area contributed by atoms with Gasteiger partial charge in [-0.15, -0.1) is 0 Å². The van der Waals surface area contributed by atoms with Crippen LogP contribution < -0.4 is 13.9 Å². The zero-order valence-electron chi connectivity index (χ0n) is 35.7. The Labute approximate surface area is 348 Å². The smallest absolute Gasteiger partial charge is 0.225 e. The van der Waals surface area contributed by atoms with E-state index >= 15 is 0 Å². The quantitative estimate of drug-likeness (QED) is 0.0956. The van der Waals surface area contributed by atoms with Gasteiger partial charge in [0, 0.05) is 58.9 Å². The molecule has 0 bridgehead atoms. The first-order valence-electron chi connectivity index (χ1n) is 20.9. The first-order valence-corrected chi connectivity index (χ1v) is 20.9. The zero-order valence-corrected chi connectivity index (χ0v) is 35.7. The second-order valence-corrected chi connectivity index (χ2v) is 19.5. The van der Waals surface area contributed by atoms with E-state index in [4.69, 9.17) is 9.72 Å². The molecule has 0 aliphatic carbocycles. The summed E-state index contributed by atoms with van der Waals surface area (Å²) in [6.45, 7) is 23.1. The van der Waals surface area contributed by atoms with E-state index in [1.54, 1.807) is 0 Å². The fraction of sp³-hybridized carbons (Fsp3) is 0.222. The highest BCUT2D eigenvalue weighted by Gasteiger charge is 2.78. The topological polar surface area (TPSA) is 27.1 Å². The third-order valence-electron chi connectivity index (χ3n) is 12.6. The Bertz CT molecular complexity index is 2960. The fourth-order valence-electron chi connectivity index (χ4n) is 9.46. The molecule has 294 valence electrons. The van der Waals surface area contributed by atoms with E-state index in [2.05, 4.69) is 219 Å². The Morgan fingerprint density at radius 1 is 0.508 bits per heavy atom. The number of hydrogen-bond acceptors (Lipinski definition) is 2. The molecule has 0 N–H and O–H groups in total. The Balaban J connectivity index is 1.11. The summed E-state index contributed by atoms with van der Waals surface area (Å²) in [5.41, 5.74) is 13.7. The van der Waals surface area contributed by atoms with Crippen molar-refractivity contribution >= 4 is 44.6 Å². The molecule has 4 heterocycles. The van der Waals surface area contributed by atoms with Crippen molar-refractivity contribution in [2.75, 3.05) is 0 Å². The lowest BCUT2D eigenvalue weighted by molar-refractivity contribution is 0.422. The van der Waals surface area contributed by atoms with Gasteiger partial charge in [-0.05, 0) is 74.9 Å². The monoisotopic (exact) mass is 773 g/mol. The van der Waals surface area contributed by atoms with Crippen molar-refractivity contribution in [2.45, 2.75) is 78.6 Å². The fourth-order valence-corrected chi connectivity index (χ4v) is 9.46. The molecule has 5 heteroatoms. The van der Waals surface area contributed by atoms with Crippen molar-refractivity contribution in [3.05, 3.63) is 175 Å². The van der Waals surface area contributed by atoms with Gasteiger partial charge >= 0.3 is 0 Å². The molecule has 5 nitrogen and oxygen atoms in total. The number of quaternary nitrogens is 2. The number of ether oxygens (including phenoxy) is 1. The Morgan fingerprint density at radius 3 is 1.97 bits per heavy atom. The third-order valence-corrected chi connectivity index (χ3v) is 12.6. The Kier molecular flexibility index (Phi) is 8.05. The molecule has 59 heavy (non-hydrogen) atoms. The highest BCUT2D eigenvalue weighted by Crippen LogP contribution is 2.76. The maximum Gasteiger partial charge on any atom is 0.225 e. The summed E-state index contributed by atoms with van der Waals surface area (Å²) in [5.74, 6) is 2.49. The summed E-state index contributed by atoms with van der Waals surface area (Å²) in [4.78, 5) is 4.90. The van der Waals surface area contributed by atoms with Crippen LogP contribution in [0.5, 0.6) is 11.5 Å². The van der Waals surface area contributed by atoms with Gasteiger partial charge in [0.15, 0.2) is 18.0 Å². The first kappa shape index (κ1) is 37.3. The normalized spacial score (nSPS) is 18.7. The molecule has 0 amide bonds. The van der Waals surface area contributed by atoms with Crippen LogP contribution in [0.2, 0.25) is 0 Å². The second kappa shape index (κ2) is 12.7. The lowest BCUT2D eigenvalue weighted by atomic mass is 9.80. The molecule has 0 spiro atoms. The van der Waals surface area contributed by atoms with Crippen LogP contribution in [0.1, 0.15) is 79.0 Å². The molecule has 0 radical (unpaired) electrons. The van der Waals surface area contributed by atoms with Gasteiger partial charge in [0.2, 0.25) is 11.4 Å². The number of nitrogens with zero attached hydrogens (tertiary/aromatic N) is 4. The van der Waals surface area contributed by atoms with E-state index in [0.717, 1.165) is 28.4 Å². The van der Waals surface area contributed by atoms with E-state index in [1.807, 2.05) is 6.20 Å². The van der Waals surface area contributed by atoms with Gasteiger partial charge in [0.05, 0.1) is 11.0 Å². The molecule has 1 unspecified atom stereocenters. The maximum absolute atomic E-state index is 6.87. The highest BCUT2D eigenvalue weighted by molar-refractivity contribution is 6.09. The minimum Gasteiger partial charge on any atom is -0.457 e. The maximum atomic E-state index is 6.87. The lowest BCUT2D eigenvalue weighted by Crippen LogP contribution is -2.47. The van der Waals surface area contributed by atoms with Gasteiger partial charge in [0.1, 0.15) is 17.3 Å². The molecule has 2 atom stereocenters. The molecule has 6 aromatic carbocycles. The zero-order chi connectivity index (χ0) is 41.1. The molecule has 0 saturated carbocycles. The van der Waals surface area contributed by atoms with Gasteiger partial charge < -0.3 is 4.74 Å². The highest BCUT2D eigenvalue weighted by atomic mass is 16.5. The molecule has 2 aliphatic heterocycles. The molecule has 2 aliphatic rings. The predicted molar refractivity (Wildman–Crippen MR) is 247 cm³/mol. The van der Waals surface area contributed by atoms with Gasteiger partial charge in [-0.3, -0.25) is 4.57 Å². The van der Waals surface area contributed by atoms with E-state index in [1.165, 1.54) is 61.3 Å². The standard InChI is InChI=1S/C54H53N4O/c1-52(2,3)37-25-28-47-49(31-37)57(35-58(47,57)48-24-16-22-44(54(7,8)9)51(48)36-17-11-10-12-18-36)39-19-15-20-40(33-39)59-41-26-27-43-42-21-13-14-23-45(42)56(46(43)34-41)50-32-38(29-30-55-50)53(4,5)6/h10-35H,1-9H3/q+1/t57?,58-/m1/s1. The summed E-state index contributed by atoms with van der Waals surface area (Å²) in [6, 6.07) is 53.1. The van der Waals surface area contributed by atoms with Crippen LogP contribution in [0.15, 0.2) is 152 Å². The van der Waals surface area contributed by atoms with Crippen LogP contribution in [0.25, 0.3) is 38.8 Å². The number of aromatic nitrogens is 2. The minimum atomic E-state index is -0.0546. The van der Waals surface area contributed by atoms with Crippen LogP contribution in [0, 0.1) is 6.67 Å². The summed E-state index contributed by atoms with van der Waals surface area (Å²) in [6.07, 6.45) is 1.93. The SMILES string of the molecule is CC(C)(C)c1ccnc(-n2c3ccccc3c3ccc(Oc4cccc([N+]56[CH-][N@+]5(c5cccc(C(C)(C)C)c5-c5ccccc5)c5ccc(C(C)(C)C)cc56)c4)cc32)c1.